The van der Waals surface area contributed by atoms with Crippen molar-refractivity contribution in [2.45, 2.75) is 70.9 Å². The minimum Gasteiger partial charge on any atom is -0.490 e. The number of carbonyl (C=O) groups is 2. The first kappa shape index (κ1) is 39.1. The van der Waals surface area contributed by atoms with Crippen molar-refractivity contribution in [3.8, 4) is 11.5 Å². The van der Waals surface area contributed by atoms with Crippen molar-refractivity contribution in [1.82, 2.24) is 15.5 Å². The zero-order valence-corrected chi connectivity index (χ0v) is 30.4. The summed E-state index contributed by atoms with van der Waals surface area (Å²) >= 11 is 6.60. The van der Waals surface area contributed by atoms with Gasteiger partial charge in [-0.25, -0.2) is 0 Å². The highest BCUT2D eigenvalue weighted by Crippen LogP contribution is 2.36. The molecule has 5 rings (SSSR count). The number of halogens is 4. The van der Waals surface area contributed by atoms with E-state index in [4.69, 9.17) is 30.5 Å². The Morgan fingerprint density at radius 1 is 1.00 bits per heavy atom. The van der Waals surface area contributed by atoms with Gasteiger partial charge in [-0.05, 0) is 91.2 Å². The van der Waals surface area contributed by atoms with Crippen LogP contribution in [0.4, 0.5) is 13.2 Å². The van der Waals surface area contributed by atoms with Crippen LogP contribution in [0.15, 0.2) is 66.2 Å². The Bertz CT molecular complexity index is 1710. The molecule has 1 fully saturated rings. The highest BCUT2D eigenvalue weighted by atomic mass is 35.5. The van der Waals surface area contributed by atoms with Gasteiger partial charge >= 0.3 is 6.18 Å². The minimum atomic E-state index is -4.60. The van der Waals surface area contributed by atoms with E-state index in [-0.39, 0.29) is 38.4 Å². The van der Waals surface area contributed by atoms with E-state index >= 15 is 0 Å². The topological polar surface area (TPSA) is 98.4 Å². The summed E-state index contributed by atoms with van der Waals surface area (Å²) in [7, 11) is 1.54. The molecule has 0 radical (unpaired) electrons. The van der Waals surface area contributed by atoms with E-state index in [2.05, 4.69) is 10.6 Å². The second kappa shape index (κ2) is 18.1. The fourth-order valence-electron chi connectivity index (χ4n) is 6.27. The van der Waals surface area contributed by atoms with Gasteiger partial charge in [0.15, 0.2) is 0 Å². The summed E-state index contributed by atoms with van der Waals surface area (Å²) in [5.41, 5.74) is 5.73. The molecule has 280 valence electrons. The predicted molar refractivity (Wildman–Crippen MR) is 192 cm³/mol. The Hall–Kier alpha value is -4.10. The lowest BCUT2D eigenvalue weighted by atomic mass is 9.88. The van der Waals surface area contributed by atoms with Gasteiger partial charge in [0.05, 0.1) is 12.6 Å². The second-order valence-electron chi connectivity index (χ2n) is 13.0. The first-order valence-electron chi connectivity index (χ1n) is 17.3. The average molecular weight is 744 g/mol. The number of alkyl halides is 3. The van der Waals surface area contributed by atoms with Gasteiger partial charge in [-0.3, -0.25) is 9.59 Å². The molecule has 0 spiro atoms. The second-order valence-corrected chi connectivity index (χ2v) is 13.4. The number of aryl methyl sites for hydroxylation is 2. The Balaban J connectivity index is 1.34. The number of para-hydroxylation sites is 1. The molecule has 1 aliphatic carbocycles. The maximum absolute atomic E-state index is 14.7. The van der Waals surface area contributed by atoms with E-state index < -0.39 is 24.5 Å². The molecule has 9 nitrogen and oxygen atoms in total. The van der Waals surface area contributed by atoms with Gasteiger partial charge in [-0.2, -0.15) is 13.2 Å². The van der Waals surface area contributed by atoms with Gasteiger partial charge in [0, 0.05) is 36.8 Å². The number of rotatable bonds is 17. The van der Waals surface area contributed by atoms with E-state index in [0.717, 1.165) is 40.9 Å². The Morgan fingerprint density at radius 2 is 1.71 bits per heavy atom. The van der Waals surface area contributed by atoms with Crippen LogP contribution in [0.2, 0.25) is 5.02 Å². The SMILES string of the molecule is COCOC[C@H]1NCCC(c2ccc(OCCOc3c(C)cccc3C)cc2)=C1C(=O)N(Cc1cc(CNC(=O)CC(F)(F)F)ccc1Cl)C1CC1. The van der Waals surface area contributed by atoms with E-state index in [1.807, 2.05) is 61.2 Å². The third-order valence-electron chi connectivity index (χ3n) is 8.92. The first-order chi connectivity index (χ1) is 24.9. The molecule has 3 aromatic carbocycles. The molecule has 1 heterocycles. The number of nitrogens with one attached hydrogen (secondary N) is 2. The normalized spacial score (nSPS) is 16.1. The molecule has 0 aromatic heterocycles. The van der Waals surface area contributed by atoms with Gasteiger partial charge in [0.25, 0.3) is 5.91 Å². The Morgan fingerprint density at radius 3 is 2.38 bits per heavy atom. The molecule has 13 heteroatoms. The summed E-state index contributed by atoms with van der Waals surface area (Å²) in [6.07, 6.45) is -3.89. The largest absolute Gasteiger partial charge is 0.490 e. The summed E-state index contributed by atoms with van der Waals surface area (Å²) in [4.78, 5) is 28.3. The quantitative estimate of drug-likeness (QED) is 0.115. The van der Waals surface area contributed by atoms with E-state index in [9.17, 15) is 22.8 Å². The highest BCUT2D eigenvalue weighted by Gasteiger charge is 2.39. The van der Waals surface area contributed by atoms with Crippen molar-refractivity contribution in [2.75, 3.05) is 40.3 Å². The summed E-state index contributed by atoms with van der Waals surface area (Å²) in [5, 5.41) is 6.17. The van der Waals surface area contributed by atoms with Crippen LogP contribution < -0.4 is 20.1 Å². The van der Waals surface area contributed by atoms with Crippen LogP contribution in [0.3, 0.4) is 0 Å². The molecule has 0 bridgehead atoms. The number of ether oxygens (including phenoxy) is 4. The molecule has 2 aliphatic rings. The molecular formula is C39H45ClF3N3O6. The zero-order valence-electron chi connectivity index (χ0n) is 29.6. The molecule has 0 unspecified atom stereocenters. The molecule has 2 N–H and O–H groups in total. The summed E-state index contributed by atoms with van der Waals surface area (Å²) in [5.74, 6) is 0.273. The monoisotopic (exact) mass is 743 g/mol. The van der Waals surface area contributed by atoms with Crippen LogP contribution in [-0.4, -0.2) is 75.2 Å². The lowest BCUT2D eigenvalue weighted by Crippen LogP contribution is -2.47. The Labute approximate surface area is 307 Å². The minimum absolute atomic E-state index is 0.00335. The smallest absolute Gasteiger partial charge is 0.397 e. The molecule has 3 aromatic rings. The third-order valence-corrected chi connectivity index (χ3v) is 9.28. The number of carbonyl (C=O) groups excluding carboxylic acids is 2. The highest BCUT2D eigenvalue weighted by molar-refractivity contribution is 6.31. The van der Waals surface area contributed by atoms with Crippen LogP contribution in [0.5, 0.6) is 11.5 Å². The van der Waals surface area contributed by atoms with Crippen LogP contribution in [0, 0.1) is 13.8 Å². The van der Waals surface area contributed by atoms with Crippen molar-refractivity contribution in [3.63, 3.8) is 0 Å². The number of hydrogen-bond acceptors (Lipinski definition) is 7. The van der Waals surface area contributed by atoms with Gasteiger partial charge < -0.3 is 34.5 Å². The third kappa shape index (κ3) is 11.0. The van der Waals surface area contributed by atoms with Gasteiger partial charge in [-0.1, -0.05) is 54.1 Å². The van der Waals surface area contributed by atoms with Crippen molar-refractivity contribution >= 4 is 29.0 Å². The lowest BCUT2D eigenvalue weighted by Gasteiger charge is -2.33. The van der Waals surface area contributed by atoms with E-state index in [0.29, 0.717) is 53.7 Å². The maximum Gasteiger partial charge on any atom is 0.397 e. The number of benzene rings is 3. The molecule has 0 saturated heterocycles. The van der Waals surface area contributed by atoms with Crippen LogP contribution >= 0.6 is 11.6 Å². The summed E-state index contributed by atoms with van der Waals surface area (Å²) in [6, 6.07) is 18.3. The van der Waals surface area contributed by atoms with Crippen molar-refractivity contribution < 1.29 is 41.7 Å². The van der Waals surface area contributed by atoms with Crippen molar-refractivity contribution in [1.29, 1.82) is 0 Å². The molecule has 1 saturated carbocycles. The number of nitrogens with zero attached hydrogens (tertiary/aromatic N) is 1. The number of methoxy groups -OCH3 is 1. The van der Waals surface area contributed by atoms with Crippen molar-refractivity contribution in [2.24, 2.45) is 0 Å². The fraction of sp³-hybridized carbons (Fsp3) is 0.436. The number of hydrogen-bond donors (Lipinski definition) is 2. The molecule has 1 aliphatic heterocycles. The number of amides is 2. The zero-order chi connectivity index (χ0) is 37.3. The van der Waals surface area contributed by atoms with Crippen LogP contribution in [0.1, 0.15) is 53.5 Å². The van der Waals surface area contributed by atoms with Crippen LogP contribution in [-0.2, 0) is 32.2 Å². The first-order valence-corrected chi connectivity index (χ1v) is 17.7. The predicted octanol–water partition coefficient (Wildman–Crippen LogP) is 6.91. The van der Waals surface area contributed by atoms with Gasteiger partial charge in [-0.15, -0.1) is 0 Å². The summed E-state index contributed by atoms with van der Waals surface area (Å²) in [6.45, 7) is 5.79. The van der Waals surface area contributed by atoms with Crippen molar-refractivity contribution in [3.05, 3.63) is 99.1 Å². The van der Waals surface area contributed by atoms with E-state index in [1.54, 1.807) is 18.2 Å². The summed E-state index contributed by atoms with van der Waals surface area (Å²) < 4.78 is 60.8. The van der Waals surface area contributed by atoms with Crippen LogP contribution in [0.25, 0.3) is 5.57 Å². The molecule has 2 amide bonds. The maximum atomic E-state index is 14.7. The fourth-order valence-corrected chi connectivity index (χ4v) is 6.44. The molecule has 1 atom stereocenters. The van der Waals surface area contributed by atoms with Gasteiger partial charge in [0.2, 0.25) is 5.91 Å². The van der Waals surface area contributed by atoms with E-state index in [1.165, 1.54) is 7.11 Å². The molecular weight excluding hydrogens is 699 g/mol. The standard InChI is InChI=1S/C39H45ClF3N3O6/c1-25-5-4-6-26(2)37(25)52-18-17-51-31-12-8-28(9-13-31)32-15-16-44-34(23-50-24-49-3)36(32)38(48)46(30-10-11-30)22-29-19-27(7-14-33(29)40)21-45-35(47)20-39(41,42)43/h4-9,12-14,19,30,34,44H,10-11,15-18,20-24H2,1-3H3,(H,45,47)/t34-/m1/s1. The Kier molecular flexibility index (Phi) is 13.6. The molecule has 52 heavy (non-hydrogen) atoms. The van der Waals surface area contributed by atoms with Gasteiger partial charge in [0.1, 0.15) is 37.9 Å². The average Bonchev–Trinajstić information content (AvgIpc) is 3.95. The lowest BCUT2D eigenvalue weighted by molar-refractivity contribution is -0.153.